The Balaban J connectivity index is 1.45. The minimum absolute atomic E-state index is 0.113. The maximum atomic E-state index is 13.2. The number of hydrogen-bond acceptors (Lipinski definition) is 6. The van der Waals surface area contributed by atoms with E-state index >= 15 is 0 Å². The average molecular weight is 636 g/mol. The van der Waals surface area contributed by atoms with Crippen LogP contribution in [-0.4, -0.2) is 97.1 Å². The highest BCUT2D eigenvalue weighted by Crippen LogP contribution is 2.49. The van der Waals surface area contributed by atoms with Crippen molar-refractivity contribution in [3.05, 3.63) is 29.3 Å². The van der Waals surface area contributed by atoms with Gasteiger partial charge in [-0.05, 0) is 56.2 Å². The van der Waals surface area contributed by atoms with Gasteiger partial charge in [-0.25, -0.2) is 4.79 Å². The summed E-state index contributed by atoms with van der Waals surface area (Å²) in [5, 5.41) is 0. The SMILES string of the molecule is CC1(C)CC2(CCN(C(=O)OC(C(F)(F)F)C(F)(F)F)CC2)CN1Cc1cc(CN2CCOCC2)ccc1OC(F)(F)F. The Morgan fingerprint density at radius 2 is 1.53 bits per heavy atom. The largest absolute Gasteiger partial charge is 0.573 e. The second-order valence-electron chi connectivity index (χ2n) is 12.1. The summed E-state index contributed by atoms with van der Waals surface area (Å²) in [5.41, 5.74) is 0.167. The molecule has 3 aliphatic rings. The maximum Gasteiger partial charge on any atom is 0.573 e. The number of piperidine rings is 1. The first kappa shape index (κ1) is 33.4. The van der Waals surface area contributed by atoms with Crippen LogP contribution in [0.3, 0.4) is 0 Å². The molecule has 1 aromatic carbocycles. The fourth-order valence-corrected chi connectivity index (χ4v) is 6.27. The third-order valence-electron chi connectivity index (χ3n) is 8.31. The zero-order chi connectivity index (χ0) is 31.8. The van der Waals surface area contributed by atoms with Gasteiger partial charge in [0.15, 0.2) is 0 Å². The Labute approximate surface area is 242 Å². The number of benzene rings is 1. The lowest BCUT2D eigenvalue weighted by Crippen LogP contribution is -2.50. The number of alkyl halides is 9. The van der Waals surface area contributed by atoms with Crippen molar-refractivity contribution in [2.45, 2.75) is 76.6 Å². The van der Waals surface area contributed by atoms with Gasteiger partial charge in [0, 0.05) is 56.9 Å². The van der Waals surface area contributed by atoms with Gasteiger partial charge in [-0.1, -0.05) is 6.07 Å². The topological polar surface area (TPSA) is 54.5 Å². The third-order valence-corrected chi connectivity index (χ3v) is 8.31. The van der Waals surface area contributed by atoms with Crippen LogP contribution in [0.15, 0.2) is 18.2 Å². The van der Waals surface area contributed by atoms with Crippen molar-refractivity contribution < 1.29 is 58.5 Å². The summed E-state index contributed by atoms with van der Waals surface area (Å²) in [5.74, 6) is -0.323. The van der Waals surface area contributed by atoms with Gasteiger partial charge in [0.05, 0.1) is 13.2 Å². The Morgan fingerprint density at radius 3 is 2.09 bits per heavy atom. The van der Waals surface area contributed by atoms with Crippen LogP contribution in [0.5, 0.6) is 5.75 Å². The summed E-state index contributed by atoms with van der Waals surface area (Å²) in [7, 11) is 0. The van der Waals surface area contributed by atoms with Crippen LogP contribution in [0.25, 0.3) is 0 Å². The maximum absolute atomic E-state index is 13.2. The third kappa shape index (κ3) is 8.59. The number of carbonyl (C=O) groups excluding carboxylic acids is 1. The molecule has 0 aromatic heterocycles. The molecule has 0 bridgehead atoms. The Bertz CT molecular complexity index is 1110. The van der Waals surface area contributed by atoms with Crippen LogP contribution in [0.4, 0.5) is 44.3 Å². The van der Waals surface area contributed by atoms with Crippen LogP contribution in [0, 0.1) is 5.41 Å². The van der Waals surface area contributed by atoms with E-state index in [-0.39, 0.29) is 38.2 Å². The molecule has 16 heteroatoms. The summed E-state index contributed by atoms with van der Waals surface area (Å²) >= 11 is 0. The number of carbonyl (C=O) groups is 1. The van der Waals surface area contributed by atoms with Crippen LogP contribution < -0.4 is 4.74 Å². The van der Waals surface area contributed by atoms with Crippen LogP contribution in [0.2, 0.25) is 0 Å². The highest BCUT2D eigenvalue weighted by molar-refractivity contribution is 5.68. The molecule has 3 aliphatic heterocycles. The van der Waals surface area contributed by atoms with Gasteiger partial charge in [0.1, 0.15) is 5.75 Å². The molecule has 0 radical (unpaired) electrons. The molecule has 7 nitrogen and oxygen atoms in total. The molecule has 0 aliphatic carbocycles. The zero-order valence-electron chi connectivity index (χ0n) is 23.7. The van der Waals surface area contributed by atoms with E-state index in [9.17, 15) is 44.3 Å². The molecule has 3 heterocycles. The molecule has 0 saturated carbocycles. The monoisotopic (exact) mass is 635 g/mol. The first-order valence-corrected chi connectivity index (χ1v) is 13.8. The summed E-state index contributed by atoms with van der Waals surface area (Å²) in [6.07, 6.45) is -21.3. The Kier molecular flexibility index (Phi) is 9.44. The average Bonchev–Trinajstić information content (AvgIpc) is 3.11. The van der Waals surface area contributed by atoms with Gasteiger partial charge >= 0.3 is 24.8 Å². The summed E-state index contributed by atoms with van der Waals surface area (Å²) in [4.78, 5) is 17.2. The van der Waals surface area contributed by atoms with Gasteiger partial charge in [0.2, 0.25) is 0 Å². The molecular formula is C27H34F9N3O4. The highest BCUT2D eigenvalue weighted by atomic mass is 19.4. The molecule has 1 aromatic rings. The first-order chi connectivity index (χ1) is 19.8. The molecule has 1 spiro atoms. The van der Waals surface area contributed by atoms with Crippen LogP contribution >= 0.6 is 0 Å². The normalized spacial score (nSPS) is 21.9. The number of likely N-dealkylation sites (tertiary alicyclic amines) is 2. The second kappa shape index (κ2) is 12.1. The predicted molar refractivity (Wildman–Crippen MR) is 134 cm³/mol. The van der Waals surface area contributed by atoms with Crippen LogP contribution in [-0.2, 0) is 22.6 Å². The lowest BCUT2D eigenvalue weighted by Gasteiger charge is -2.39. The molecule has 1 amide bonds. The number of ether oxygens (including phenoxy) is 3. The van der Waals surface area contributed by atoms with Gasteiger partial charge in [-0.3, -0.25) is 9.80 Å². The van der Waals surface area contributed by atoms with Crippen molar-refractivity contribution in [2.75, 3.05) is 45.9 Å². The standard InChI is InChI=1S/C27H34F9N3O4/c1-23(2)16-24(5-7-38(8-6-24)22(40)42-21(25(28,29)30)26(31,32)33)17-39(23)15-19-13-18(14-37-9-11-41-12-10-37)3-4-20(19)43-27(34,35)36/h3-4,13,21H,5-12,14-17H2,1-2H3. The molecule has 43 heavy (non-hydrogen) atoms. The van der Waals surface area contributed by atoms with Crippen molar-refractivity contribution in [3.8, 4) is 5.75 Å². The lowest BCUT2D eigenvalue weighted by molar-refractivity contribution is -0.308. The van der Waals surface area contributed by atoms with Gasteiger partial charge in [0.25, 0.3) is 6.10 Å². The Morgan fingerprint density at radius 1 is 0.930 bits per heavy atom. The number of rotatable bonds is 6. The van der Waals surface area contributed by atoms with E-state index < -0.39 is 41.9 Å². The molecule has 244 valence electrons. The minimum Gasteiger partial charge on any atom is -0.426 e. The smallest absolute Gasteiger partial charge is 0.426 e. The summed E-state index contributed by atoms with van der Waals surface area (Å²) < 4.78 is 130. The van der Waals surface area contributed by atoms with E-state index in [1.54, 1.807) is 12.1 Å². The van der Waals surface area contributed by atoms with E-state index in [2.05, 4.69) is 14.4 Å². The molecule has 0 unspecified atom stereocenters. The molecule has 4 rings (SSSR count). The van der Waals surface area contributed by atoms with Crippen molar-refractivity contribution >= 4 is 6.09 Å². The fraction of sp³-hybridized carbons (Fsp3) is 0.741. The van der Waals surface area contributed by atoms with Crippen molar-refractivity contribution in [2.24, 2.45) is 5.41 Å². The lowest BCUT2D eigenvalue weighted by atomic mass is 9.74. The number of hydrogen-bond donors (Lipinski definition) is 0. The number of halogens is 9. The van der Waals surface area contributed by atoms with Crippen molar-refractivity contribution in [3.63, 3.8) is 0 Å². The van der Waals surface area contributed by atoms with E-state index in [4.69, 9.17) is 4.74 Å². The van der Waals surface area contributed by atoms with Crippen molar-refractivity contribution in [1.82, 2.24) is 14.7 Å². The van der Waals surface area contributed by atoms with Crippen molar-refractivity contribution in [1.29, 1.82) is 0 Å². The number of morpholine rings is 1. The molecular weight excluding hydrogens is 601 g/mol. The second-order valence-corrected chi connectivity index (χ2v) is 12.1. The summed E-state index contributed by atoms with van der Waals surface area (Å²) in [6, 6.07) is 4.58. The molecule has 0 atom stereocenters. The first-order valence-electron chi connectivity index (χ1n) is 13.8. The van der Waals surface area contributed by atoms with Crippen LogP contribution in [0.1, 0.15) is 44.2 Å². The van der Waals surface area contributed by atoms with Gasteiger partial charge in [-0.15, -0.1) is 13.2 Å². The predicted octanol–water partition coefficient (Wildman–Crippen LogP) is 6.11. The molecule has 0 N–H and O–H groups in total. The summed E-state index contributed by atoms with van der Waals surface area (Å²) in [6.45, 7) is 7.13. The molecule has 3 fully saturated rings. The minimum atomic E-state index is -5.81. The van der Waals surface area contributed by atoms with Gasteiger partial charge in [-0.2, -0.15) is 26.3 Å². The zero-order valence-corrected chi connectivity index (χ0v) is 23.7. The molecule has 3 saturated heterocycles. The highest BCUT2D eigenvalue weighted by Gasteiger charge is 2.60. The van der Waals surface area contributed by atoms with Gasteiger partial charge < -0.3 is 19.1 Å². The fourth-order valence-electron chi connectivity index (χ4n) is 6.27. The number of nitrogens with zero attached hydrogens (tertiary/aromatic N) is 3. The van der Waals surface area contributed by atoms with E-state index in [1.165, 1.54) is 6.07 Å². The van der Waals surface area contributed by atoms with E-state index in [0.29, 0.717) is 51.4 Å². The Hall–Kier alpha value is -2.46. The van der Waals surface area contributed by atoms with E-state index in [1.807, 2.05) is 18.7 Å². The van der Waals surface area contributed by atoms with E-state index in [0.717, 1.165) is 10.5 Å². The quantitative estimate of drug-likeness (QED) is 0.352. The number of amides is 1.